The first-order valence-electron chi connectivity index (χ1n) is 7.91. The zero-order valence-corrected chi connectivity index (χ0v) is 14.5. The number of carbonyl (C=O) groups is 1. The van der Waals surface area contributed by atoms with Crippen LogP contribution in [0.3, 0.4) is 0 Å². The molecule has 1 amide bonds. The first kappa shape index (κ1) is 16.0. The molecule has 23 heavy (non-hydrogen) atoms. The molecule has 0 aliphatic carbocycles. The molecule has 1 aromatic heterocycles. The van der Waals surface area contributed by atoms with Gasteiger partial charge < -0.3 is 4.90 Å². The third kappa shape index (κ3) is 3.24. The van der Waals surface area contributed by atoms with Gasteiger partial charge in [-0.3, -0.25) is 4.79 Å². The Hall–Kier alpha value is -1.89. The molecule has 1 atom stereocenters. The average Bonchev–Trinajstić information content (AvgIpc) is 3.02. The normalized spacial score (nSPS) is 15.6. The van der Waals surface area contributed by atoms with Crippen LogP contribution in [0.5, 0.6) is 0 Å². The highest BCUT2D eigenvalue weighted by Gasteiger charge is 2.28. The molecule has 0 saturated heterocycles. The molecule has 0 fully saturated rings. The lowest BCUT2D eigenvalue weighted by molar-refractivity contribution is -0.117. The van der Waals surface area contributed by atoms with E-state index in [9.17, 15) is 4.79 Å². The van der Waals surface area contributed by atoms with Crippen molar-refractivity contribution in [1.82, 2.24) is 20.2 Å². The lowest BCUT2D eigenvalue weighted by Gasteiger charge is -2.31. The zero-order valence-electron chi connectivity index (χ0n) is 13.6. The largest absolute Gasteiger partial charge is 0.311 e. The Morgan fingerprint density at radius 3 is 2.83 bits per heavy atom. The number of thioether (sulfide) groups is 1. The Morgan fingerprint density at radius 1 is 1.26 bits per heavy atom. The fraction of sp³-hybridized carbons (Fsp3) is 0.500. The summed E-state index contributed by atoms with van der Waals surface area (Å²) in [5.41, 5.74) is 2.29. The van der Waals surface area contributed by atoms with Crippen LogP contribution in [0.25, 0.3) is 0 Å². The van der Waals surface area contributed by atoms with Crippen LogP contribution in [-0.4, -0.2) is 37.9 Å². The van der Waals surface area contributed by atoms with Crippen LogP contribution >= 0.6 is 11.8 Å². The van der Waals surface area contributed by atoms with Crippen molar-refractivity contribution >= 4 is 23.4 Å². The first-order valence-corrected chi connectivity index (χ1v) is 8.79. The average molecular weight is 331 g/mol. The number of aryl methyl sites for hydroxylation is 1. The molecule has 0 saturated carbocycles. The van der Waals surface area contributed by atoms with Crippen LogP contribution in [0.4, 0.5) is 5.69 Å². The molecular formula is C16H21N5OS. The number of hydrogen-bond acceptors (Lipinski definition) is 5. The van der Waals surface area contributed by atoms with E-state index in [2.05, 4.69) is 21.6 Å². The van der Waals surface area contributed by atoms with Gasteiger partial charge in [0.25, 0.3) is 0 Å². The molecule has 7 heteroatoms. The van der Waals surface area contributed by atoms with E-state index in [0.29, 0.717) is 5.16 Å². The number of nitrogens with zero attached hydrogens (tertiary/aromatic N) is 5. The van der Waals surface area contributed by atoms with Gasteiger partial charge in [-0.05, 0) is 55.7 Å². The van der Waals surface area contributed by atoms with E-state index in [1.165, 1.54) is 17.3 Å². The third-order valence-corrected chi connectivity index (χ3v) is 4.99. The summed E-state index contributed by atoms with van der Waals surface area (Å²) >= 11 is 1.42. The molecule has 0 radical (unpaired) electrons. The number of para-hydroxylation sites is 1. The number of benzene rings is 1. The van der Waals surface area contributed by atoms with Crippen molar-refractivity contribution in [2.75, 3.05) is 11.4 Å². The van der Waals surface area contributed by atoms with Gasteiger partial charge in [0.05, 0.1) is 11.3 Å². The summed E-state index contributed by atoms with van der Waals surface area (Å²) in [7, 11) is 0. The molecular weight excluding hydrogens is 310 g/mol. The second-order valence-electron chi connectivity index (χ2n) is 5.98. The lowest BCUT2D eigenvalue weighted by atomic mass is 10.0. The molecule has 1 unspecified atom stereocenters. The molecule has 3 rings (SSSR count). The smallest absolute Gasteiger partial charge is 0.240 e. The van der Waals surface area contributed by atoms with Crippen LogP contribution < -0.4 is 4.90 Å². The second kappa shape index (κ2) is 6.70. The number of hydrogen-bond donors (Lipinski definition) is 0. The summed E-state index contributed by atoms with van der Waals surface area (Å²) in [5, 5.41) is 12.2. The topological polar surface area (TPSA) is 63.9 Å². The fourth-order valence-corrected chi connectivity index (χ4v) is 3.76. The van der Waals surface area contributed by atoms with E-state index in [-0.39, 0.29) is 17.2 Å². The lowest BCUT2D eigenvalue weighted by Crippen LogP contribution is -2.40. The van der Waals surface area contributed by atoms with Gasteiger partial charge in [0.15, 0.2) is 0 Å². The van der Waals surface area contributed by atoms with E-state index in [4.69, 9.17) is 0 Å². The van der Waals surface area contributed by atoms with E-state index in [1.54, 1.807) is 4.68 Å². The molecule has 1 aliphatic heterocycles. The number of rotatable bonds is 4. The first-order chi connectivity index (χ1) is 11.1. The van der Waals surface area contributed by atoms with Crippen molar-refractivity contribution < 1.29 is 4.79 Å². The number of fused-ring (bicyclic) bond motifs is 1. The van der Waals surface area contributed by atoms with Gasteiger partial charge in [-0.25, -0.2) is 4.68 Å². The molecule has 0 spiro atoms. The molecule has 1 aliphatic rings. The molecule has 1 aromatic carbocycles. The van der Waals surface area contributed by atoms with Crippen molar-refractivity contribution in [3.8, 4) is 0 Å². The highest BCUT2D eigenvalue weighted by Crippen LogP contribution is 2.30. The number of tetrazole rings is 1. The summed E-state index contributed by atoms with van der Waals surface area (Å²) in [6, 6.07) is 8.32. The maximum absolute atomic E-state index is 12.9. The third-order valence-electron chi connectivity index (χ3n) is 3.96. The maximum Gasteiger partial charge on any atom is 0.240 e. The Kier molecular flexibility index (Phi) is 4.66. The zero-order chi connectivity index (χ0) is 16.4. The van der Waals surface area contributed by atoms with Gasteiger partial charge in [-0.2, -0.15) is 0 Å². The van der Waals surface area contributed by atoms with Crippen LogP contribution in [0.15, 0.2) is 29.4 Å². The summed E-state index contributed by atoms with van der Waals surface area (Å²) in [5.74, 6) is 0.112. The van der Waals surface area contributed by atoms with E-state index < -0.39 is 0 Å². The maximum atomic E-state index is 12.9. The number of aromatic nitrogens is 4. The van der Waals surface area contributed by atoms with Gasteiger partial charge in [-0.1, -0.05) is 30.0 Å². The molecule has 2 aromatic rings. The van der Waals surface area contributed by atoms with Crippen LogP contribution in [0.1, 0.15) is 38.8 Å². The van der Waals surface area contributed by atoms with Crippen molar-refractivity contribution in [2.24, 2.45) is 0 Å². The number of anilines is 1. The Labute approximate surface area is 140 Å². The van der Waals surface area contributed by atoms with Gasteiger partial charge in [0.2, 0.25) is 11.1 Å². The minimum atomic E-state index is -0.232. The Balaban J connectivity index is 1.77. The summed E-state index contributed by atoms with van der Waals surface area (Å²) in [6.07, 6.45) is 2.04. The van der Waals surface area contributed by atoms with Gasteiger partial charge in [0, 0.05) is 12.2 Å². The van der Waals surface area contributed by atoms with E-state index in [1.807, 2.05) is 43.9 Å². The van der Waals surface area contributed by atoms with Crippen LogP contribution in [0, 0.1) is 0 Å². The van der Waals surface area contributed by atoms with Gasteiger partial charge in [-0.15, -0.1) is 5.10 Å². The molecule has 122 valence electrons. The highest BCUT2D eigenvalue weighted by atomic mass is 32.2. The van der Waals surface area contributed by atoms with Crippen molar-refractivity contribution in [3.63, 3.8) is 0 Å². The minimum absolute atomic E-state index is 0.112. The summed E-state index contributed by atoms with van der Waals surface area (Å²) in [4.78, 5) is 14.8. The summed E-state index contributed by atoms with van der Waals surface area (Å²) in [6.45, 7) is 6.74. The predicted octanol–water partition coefficient (Wildman–Crippen LogP) is 2.71. The number of amides is 1. The highest BCUT2D eigenvalue weighted by molar-refractivity contribution is 8.00. The van der Waals surface area contributed by atoms with Gasteiger partial charge >= 0.3 is 0 Å². The molecule has 0 bridgehead atoms. The van der Waals surface area contributed by atoms with Crippen molar-refractivity contribution in [2.45, 2.75) is 50.1 Å². The molecule has 0 N–H and O–H groups in total. The predicted molar refractivity (Wildman–Crippen MR) is 90.6 cm³/mol. The minimum Gasteiger partial charge on any atom is -0.311 e. The van der Waals surface area contributed by atoms with Crippen LogP contribution in [0.2, 0.25) is 0 Å². The van der Waals surface area contributed by atoms with Crippen LogP contribution in [-0.2, 0) is 11.2 Å². The monoisotopic (exact) mass is 331 g/mol. The van der Waals surface area contributed by atoms with E-state index >= 15 is 0 Å². The fourth-order valence-electron chi connectivity index (χ4n) is 2.78. The number of carbonyl (C=O) groups excluding carboxylic acids is 1. The summed E-state index contributed by atoms with van der Waals surface area (Å²) < 4.78 is 1.75. The van der Waals surface area contributed by atoms with Gasteiger partial charge in [0.1, 0.15) is 0 Å². The molecule has 2 heterocycles. The Bertz CT molecular complexity index is 699. The standard InChI is InChI=1S/C16H21N5OS/c1-11(2)21-16(17-18-19-21)23-12(3)15(22)20-10-6-8-13-7-4-5-9-14(13)20/h4-5,7,9,11-12H,6,8,10H2,1-3H3. The quantitative estimate of drug-likeness (QED) is 0.806. The molecule has 6 nitrogen and oxygen atoms in total. The Morgan fingerprint density at radius 2 is 2.04 bits per heavy atom. The SMILES string of the molecule is CC(Sc1nnnn1C(C)C)C(=O)N1CCCc2ccccc21. The second-order valence-corrected chi connectivity index (χ2v) is 7.29. The van der Waals surface area contributed by atoms with E-state index in [0.717, 1.165) is 25.1 Å². The van der Waals surface area contributed by atoms with Crippen molar-refractivity contribution in [1.29, 1.82) is 0 Å². The van der Waals surface area contributed by atoms with Crippen molar-refractivity contribution in [3.05, 3.63) is 29.8 Å².